The van der Waals surface area contributed by atoms with Crippen molar-refractivity contribution >= 4 is 0 Å². The van der Waals surface area contributed by atoms with Gasteiger partial charge in [-0.05, 0) is 5.56 Å². The van der Waals surface area contributed by atoms with E-state index in [2.05, 4.69) is 0 Å². The fourth-order valence-corrected chi connectivity index (χ4v) is 2.33. The predicted octanol–water partition coefficient (Wildman–Crippen LogP) is 0.0487. The van der Waals surface area contributed by atoms with Crippen molar-refractivity contribution in [2.75, 3.05) is 6.61 Å². The molecule has 5 atom stereocenters. The van der Waals surface area contributed by atoms with Crippen LogP contribution in [0.15, 0.2) is 30.3 Å². The van der Waals surface area contributed by atoms with Gasteiger partial charge in [-0.25, -0.2) is 0 Å². The molecule has 18 heavy (non-hydrogen) atoms. The van der Waals surface area contributed by atoms with E-state index < -0.39 is 30.7 Å². The van der Waals surface area contributed by atoms with Gasteiger partial charge in [0.1, 0.15) is 24.4 Å². The summed E-state index contributed by atoms with van der Waals surface area (Å²) >= 11 is 0. The Morgan fingerprint density at radius 2 is 1.94 bits per heavy atom. The van der Waals surface area contributed by atoms with Gasteiger partial charge in [0.15, 0.2) is 6.29 Å². The van der Waals surface area contributed by atoms with E-state index in [1.807, 2.05) is 30.3 Å². The number of hydrogen-bond donors (Lipinski definition) is 2. The maximum Gasteiger partial charge on any atom is 0.186 e. The number of rotatable bonds is 3. The first kappa shape index (κ1) is 12.1. The molecule has 1 aromatic rings. The van der Waals surface area contributed by atoms with Crippen LogP contribution in [-0.2, 0) is 20.8 Å². The second-order valence-corrected chi connectivity index (χ2v) is 4.62. The molecule has 3 unspecified atom stereocenters. The van der Waals surface area contributed by atoms with Gasteiger partial charge in [0, 0.05) is 0 Å². The molecule has 2 heterocycles. The van der Waals surface area contributed by atoms with Gasteiger partial charge in [-0.1, -0.05) is 30.3 Å². The fourth-order valence-electron chi connectivity index (χ4n) is 2.33. The summed E-state index contributed by atoms with van der Waals surface area (Å²) in [5.74, 6) is 0. The first-order valence-corrected chi connectivity index (χ1v) is 6.04. The molecular formula is C13H16O5. The van der Waals surface area contributed by atoms with Crippen molar-refractivity contribution in [2.24, 2.45) is 0 Å². The highest BCUT2D eigenvalue weighted by Crippen LogP contribution is 2.30. The molecule has 2 saturated heterocycles. The first-order chi connectivity index (χ1) is 8.75. The molecule has 3 rings (SSSR count). The van der Waals surface area contributed by atoms with Crippen LogP contribution < -0.4 is 0 Å². The molecule has 0 aromatic heterocycles. The molecule has 2 bridgehead atoms. The van der Waals surface area contributed by atoms with E-state index >= 15 is 0 Å². The molecule has 0 aliphatic carbocycles. The van der Waals surface area contributed by atoms with Gasteiger partial charge in [0.2, 0.25) is 0 Å². The zero-order valence-electron chi connectivity index (χ0n) is 9.81. The van der Waals surface area contributed by atoms with Crippen LogP contribution in [0.2, 0.25) is 0 Å². The highest BCUT2D eigenvalue weighted by molar-refractivity contribution is 5.13. The normalized spacial score (nSPS) is 38.9. The summed E-state index contributed by atoms with van der Waals surface area (Å²) in [6.45, 7) is 0.646. The Balaban J connectivity index is 1.65. The molecular weight excluding hydrogens is 236 g/mol. The third kappa shape index (κ3) is 2.15. The Morgan fingerprint density at radius 3 is 2.72 bits per heavy atom. The molecule has 2 fully saturated rings. The Morgan fingerprint density at radius 1 is 1.17 bits per heavy atom. The maximum atomic E-state index is 10.0. The lowest BCUT2D eigenvalue weighted by Crippen LogP contribution is -2.54. The third-order valence-electron chi connectivity index (χ3n) is 3.35. The minimum atomic E-state index is -0.956. The van der Waals surface area contributed by atoms with Crippen molar-refractivity contribution in [2.45, 2.75) is 37.3 Å². The van der Waals surface area contributed by atoms with Crippen molar-refractivity contribution in [3.05, 3.63) is 35.9 Å². The average molecular weight is 252 g/mol. The van der Waals surface area contributed by atoms with Gasteiger partial charge in [-0.2, -0.15) is 0 Å². The maximum absolute atomic E-state index is 10.0. The van der Waals surface area contributed by atoms with Crippen LogP contribution in [0.4, 0.5) is 0 Å². The Bertz CT molecular complexity index is 380. The second-order valence-electron chi connectivity index (χ2n) is 4.62. The first-order valence-electron chi connectivity index (χ1n) is 6.04. The number of benzene rings is 1. The van der Waals surface area contributed by atoms with Crippen LogP contribution in [0.25, 0.3) is 0 Å². The average Bonchev–Trinajstić information content (AvgIpc) is 2.85. The van der Waals surface area contributed by atoms with Gasteiger partial charge in [0.05, 0.1) is 13.2 Å². The van der Waals surface area contributed by atoms with Crippen molar-refractivity contribution in [3.8, 4) is 0 Å². The van der Waals surface area contributed by atoms with E-state index in [1.54, 1.807) is 0 Å². The van der Waals surface area contributed by atoms with Gasteiger partial charge in [-0.15, -0.1) is 0 Å². The molecule has 2 N–H and O–H groups in total. The monoisotopic (exact) mass is 252 g/mol. The lowest BCUT2D eigenvalue weighted by Gasteiger charge is -2.35. The summed E-state index contributed by atoms with van der Waals surface area (Å²) in [4.78, 5) is 0. The Labute approximate surface area is 105 Å². The minimum absolute atomic E-state index is 0.300. The lowest BCUT2D eigenvalue weighted by atomic mass is 10.0. The molecule has 98 valence electrons. The number of hydrogen-bond acceptors (Lipinski definition) is 5. The van der Waals surface area contributed by atoms with E-state index in [9.17, 15) is 10.2 Å². The quantitative estimate of drug-likeness (QED) is 0.795. The smallest absolute Gasteiger partial charge is 0.186 e. The molecule has 5 nitrogen and oxygen atoms in total. The van der Waals surface area contributed by atoms with Crippen molar-refractivity contribution in [1.82, 2.24) is 0 Å². The molecule has 0 amide bonds. The summed E-state index contributed by atoms with van der Waals surface area (Å²) in [5, 5.41) is 20.0. The largest absolute Gasteiger partial charge is 0.387 e. The van der Waals surface area contributed by atoms with Crippen LogP contribution in [0.3, 0.4) is 0 Å². The predicted molar refractivity (Wildman–Crippen MR) is 61.6 cm³/mol. The molecule has 0 spiro atoms. The zero-order valence-corrected chi connectivity index (χ0v) is 9.81. The topological polar surface area (TPSA) is 68.2 Å². The fraction of sp³-hybridized carbons (Fsp3) is 0.538. The Kier molecular flexibility index (Phi) is 3.32. The van der Waals surface area contributed by atoms with Crippen molar-refractivity contribution < 1.29 is 24.4 Å². The Hall–Kier alpha value is -0.980. The van der Waals surface area contributed by atoms with Crippen LogP contribution in [0.1, 0.15) is 5.56 Å². The summed E-state index contributed by atoms with van der Waals surface area (Å²) < 4.78 is 16.1. The highest BCUT2D eigenvalue weighted by atomic mass is 16.7. The summed E-state index contributed by atoms with van der Waals surface area (Å²) in [6.07, 6.45) is -3.57. The number of aliphatic hydroxyl groups excluding tert-OH is 2. The van der Waals surface area contributed by atoms with Crippen LogP contribution in [0, 0.1) is 0 Å². The van der Waals surface area contributed by atoms with Gasteiger partial charge in [-0.3, -0.25) is 0 Å². The molecule has 0 radical (unpaired) electrons. The second kappa shape index (κ2) is 4.95. The van der Waals surface area contributed by atoms with E-state index in [0.717, 1.165) is 5.56 Å². The minimum Gasteiger partial charge on any atom is -0.387 e. The molecule has 2 aliphatic heterocycles. The van der Waals surface area contributed by atoms with Gasteiger partial charge < -0.3 is 24.4 Å². The van der Waals surface area contributed by atoms with E-state index in [1.165, 1.54) is 0 Å². The number of ether oxygens (including phenoxy) is 3. The SMILES string of the molecule is OC1C2CO[C@H](O2)C(O)[C@H]1OCc1ccccc1. The van der Waals surface area contributed by atoms with Gasteiger partial charge >= 0.3 is 0 Å². The highest BCUT2D eigenvalue weighted by Gasteiger charge is 2.50. The standard InChI is InChI=1S/C13H16O5/c14-10-9-7-17-13(18-9)11(15)12(10)16-6-8-4-2-1-3-5-8/h1-5,9-15H,6-7H2/t9?,10?,11?,12-,13+/m0/s1. The number of aliphatic hydroxyl groups is 2. The molecule has 5 heteroatoms. The van der Waals surface area contributed by atoms with E-state index in [4.69, 9.17) is 14.2 Å². The van der Waals surface area contributed by atoms with Crippen LogP contribution >= 0.6 is 0 Å². The molecule has 2 aliphatic rings. The summed E-state index contributed by atoms with van der Waals surface area (Å²) in [5.41, 5.74) is 0.997. The van der Waals surface area contributed by atoms with Crippen LogP contribution in [0.5, 0.6) is 0 Å². The third-order valence-corrected chi connectivity index (χ3v) is 3.35. The summed E-state index contributed by atoms with van der Waals surface area (Å²) in [6, 6.07) is 9.63. The van der Waals surface area contributed by atoms with Crippen molar-refractivity contribution in [3.63, 3.8) is 0 Å². The van der Waals surface area contributed by atoms with Gasteiger partial charge in [0.25, 0.3) is 0 Å². The van der Waals surface area contributed by atoms with Crippen LogP contribution in [-0.4, -0.2) is 47.5 Å². The van der Waals surface area contributed by atoms with E-state index in [-0.39, 0.29) is 0 Å². The zero-order chi connectivity index (χ0) is 12.5. The molecule has 1 aromatic carbocycles. The number of fused-ring (bicyclic) bond motifs is 2. The van der Waals surface area contributed by atoms with E-state index in [0.29, 0.717) is 13.2 Å². The molecule has 0 saturated carbocycles. The summed E-state index contributed by atoms with van der Waals surface area (Å²) in [7, 11) is 0. The van der Waals surface area contributed by atoms with Crippen molar-refractivity contribution in [1.29, 1.82) is 0 Å². The lowest BCUT2D eigenvalue weighted by molar-refractivity contribution is -0.242.